The van der Waals surface area contributed by atoms with Crippen LogP contribution in [0.1, 0.15) is 38.3 Å². The summed E-state index contributed by atoms with van der Waals surface area (Å²) in [6.45, 7) is 4.99. The summed E-state index contributed by atoms with van der Waals surface area (Å²) >= 11 is 3.61. The molecule has 1 saturated carbocycles. The Morgan fingerprint density at radius 3 is 2.64 bits per heavy atom. The van der Waals surface area contributed by atoms with Crippen molar-refractivity contribution in [3.05, 3.63) is 16.4 Å². The summed E-state index contributed by atoms with van der Waals surface area (Å²) in [6.07, 6.45) is 4.36. The number of nitrogens with two attached hydrogens (primary N) is 1. The molecule has 0 aromatic carbocycles. The van der Waals surface area contributed by atoms with E-state index in [0.717, 1.165) is 11.1 Å². The number of halogens is 1. The minimum absolute atomic E-state index is 0.228. The van der Waals surface area contributed by atoms with Crippen molar-refractivity contribution in [2.45, 2.75) is 38.1 Å². The monoisotopic (exact) mass is 257 g/mol. The average molecular weight is 258 g/mol. The van der Waals surface area contributed by atoms with E-state index in [0.29, 0.717) is 6.04 Å². The van der Waals surface area contributed by atoms with E-state index < -0.39 is 0 Å². The molecule has 1 aromatic rings. The van der Waals surface area contributed by atoms with Gasteiger partial charge in [0.25, 0.3) is 0 Å². The van der Waals surface area contributed by atoms with E-state index in [-0.39, 0.29) is 5.41 Å². The van der Waals surface area contributed by atoms with Gasteiger partial charge in [-0.3, -0.25) is 4.68 Å². The van der Waals surface area contributed by atoms with Gasteiger partial charge < -0.3 is 5.73 Å². The van der Waals surface area contributed by atoms with E-state index >= 15 is 0 Å². The van der Waals surface area contributed by atoms with E-state index in [1.807, 2.05) is 10.9 Å². The van der Waals surface area contributed by atoms with Gasteiger partial charge in [-0.25, -0.2) is 0 Å². The Hall–Kier alpha value is -0.350. The standard InChI is InChI=1S/C10H16BrN3/c1-7(2)14-9(11)8(5-13-14)10(6-12)3-4-10/h5,7H,3-4,6,12H2,1-2H3. The fourth-order valence-corrected chi connectivity index (χ4v) is 2.82. The third-order valence-electron chi connectivity index (χ3n) is 3.04. The van der Waals surface area contributed by atoms with Gasteiger partial charge in [0, 0.05) is 23.6 Å². The van der Waals surface area contributed by atoms with Crippen LogP contribution >= 0.6 is 15.9 Å². The van der Waals surface area contributed by atoms with Crippen LogP contribution in [-0.2, 0) is 5.41 Å². The first-order chi connectivity index (χ1) is 6.60. The van der Waals surface area contributed by atoms with Crippen molar-refractivity contribution in [1.29, 1.82) is 0 Å². The minimum atomic E-state index is 0.228. The number of hydrogen-bond donors (Lipinski definition) is 1. The van der Waals surface area contributed by atoms with Crippen LogP contribution < -0.4 is 5.73 Å². The average Bonchev–Trinajstić information content (AvgIpc) is 2.84. The Balaban J connectivity index is 2.36. The van der Waals surface area contributed by atoms with Crippen molar-refractivity contribution in [1.82, 2.24) is 9.78 Å². The lowest BCUT2D eigenvalue weighted by Gasteiger charge is -2.12. The molecule has 78 valence electrons. The zero-order valence-corrected chi connectivity index (χ0v) is 10.2. The molecule has 0 atom stereocenters. The summed E-state index contributed by atoms with van der Waals surface area (Å²) < 4.78 is 3.11. The van der Waals surface area contributed by atoms with Gasteiger partial charge in [0.1, 0.15) is 4.60 Å². The lowest BCUT2D eigenvalue weighted by molar-refractivity contribution is 0.519. The maximum atomic E-state index is 5.80. The summed E-state index contributed by atoms with van der Waals surface area (Å²) in [5.74, 6) is 0. The van der Waals surface area contributed by atoms with Crippen molar-refractivity contribution in [3.63, 3.8) is 0 Å². The fourth-order valence-electron chi connectivity index (χ4n) is 1.80. The molecule has 1 aliphatic rings. The lowest BCUT2D eigenvalue weighted by atomic mass is 10.0. The van der Waals surface area contributed by atoms with Crippen LogP contribution in [-0.4, -0.2) is 16.3 Å². The lowest BCUT2D eigenvalue weighted by Crippen LogP contribution is -2.19. The second kappa shape index (κ2) is 3.35. The number of hydrogen-bond acceptors (Lipinski definition) is 2. The number of rotatable bonds is 3. The van der Waals surface area contributed by atoms with Crippen LogP contribution in [0, 0.1) is 0 Å². The van der Waals surface area contributed by atoms with E-state index in [1.165, 1.54) is 18.4 Å². The van der Waals surface area contributed by atoms with Gasteiger partial charge in [0.05, 0.1) is 6.20 Å². The predicted molar refractivity (Wildman–Crippen MR) is 60.3 cm³/mol. The van der Waals surface area contributed by atoms with Crippen LogP contribution in [0.4, 0.5) is 0 Å². The molecule has 2 rings (SSSR count). The molecule has 0 saturated heterocycles. The Morgan fingerprint density at radius 2 is 2.29 bits per heavy atom. The molecule has 1 heterocycles. The zero-order valence-electron chi connectivity index (χ0n) is 8.63. The molecule has 0 aliphatic heterocycles. The summed E-state index contributed by atoms with van der Waals surface area (Å²) in [4.78, 5) is 0. The highest BCUT2D eigenvalue weighted by atomic mass is 79.9. The Bertz CT molecular complexity index is 339. The predicted octanol–water partition coefficient (Wildman–Crippen LogP) is 2.22. The number of nitrogens with zero attached hydrogens (tertiary/aromatic N) is 2. The Kier molecular flexibility index (Phi) is 2.43. The van der Waals surface area contributed by atoms with Gasteiger partial charge >= 0.3 is 0 Å². The highest BCUT2D eigenvalue weighted by molar-refractivity contribution is 9.10. The first kappa shape index (κ1) is 10.2. The Morgan fingerprint density at radius 1 is 1.64 bits per heavy atom. The topological polar surface area (TPSA) is 43.8 Å². The molecule has 0 bridgehead atoms. The normalized spacial score (nSPS) is 18.9. The fraction of sp³-hybridized carbons (Fsp3) is 0.700. The SMILES string of the molecule is CC(C)n1ncc(C2(CN)CC2)c1Br. The third-order valence-corrected chi connectivity index (χ3v) is 3.83. The first-order valence-corrected chi connectivity index (χ1v) is 5.83. The molecule has 0 spiro atoms. The molecular formula is C10H16BrN3. The van der Waals surface area contributed by atoms with Crippen LogP contribution in [0.25, 0.3) is 0 Å². The zero-order chi connectivity index (χ0) is 10.3. The highest BCUT2D eigenvalue weighted by Gasteiger charge is 2.45. The van der Waals surface area contributed by atoms with Crippen LogP contribution in [0.15, 0.2) is 10.8 Å². The van der Waals surface area contributed by atoms with Crippen LogP contribution in [0.5, 0.6) is 0 Å². The largest absolute Gasteiger partial charge is 0.330 e. The third kappa shape index (κ3) is 1.41. The van der Waals surface area contributed by atoms with Crippen molar-refractivity contribution < 1.29 is 0 Å². The molecular weight excluding hydrogens is 242 g/mol. The molecule has 0 amide bonds. The minimum Gasteiger partial charge on any atom is -0.330 e. The molecule has 14 heavy (non-hydrogen) atoms. The van der Waals surface area contributed by atoms with Gasteiger partial charge in [0.2, 0.25) is 0 Å². The maximum Gasteiger partial charge on any atom is 0.108 e. The van der Waals surface area contributed by atoms with Crippen molar-refractivity contribution in [3.8, 4) is 0 Å². The van der Waals surface area contributed by atoms with Crippen LogP contribution in [0.3, 0.4) is 0 Å². The summed E-state index contributed by atoms with van der Waals surface area (Å²) in [7, 11) is 0. The van der Waals surface area contributed by atoms with Crippen molar-refractivity contribution in [2.24, 2.45) is 5.73 Å². The number of aromatic nitrogens is 2. The Labute approximate surface area is 92.8 Å². The molecule has 0 unspecified atom stereocenters. The molecule has 0 radical (unpaired) electrons. The highest BCUT2D eigenvalue weighted by Crippen LogP contribution is 2.49. The quantitative estimate of drug-likeness (QED) is 0.903. The smallest absolute Gasteiger partial charge is 0.108 e. The van der Waals surface area contributed by atoms with Crippen LogP contribution in [0.2, 0.25) is 0 Å². The second-order valence-electron chi connectivity index (χ2n) is 4.37. The summed E-state index contributed by atoms with van der Waals surface area (Å²) in [5.41, 5.74) is 7.31. The summed E-state index contributed by atoms with van der Waals surface area (Å²) in [5, 5.41) is 4.38. The van der Waals surface area contributed by atoms with Gasteiger partial charge in [-0.2, -0.15) is 5.10 Å². The maximum absolute atomic E-state index is 5.80. The van der Waals surface area contributed by atoms with Gasteiger partial charge in [0.15, 0.2) is 0 Å². The summed E-state index contributed by atoms with van der Waals surface area (Å²) in [6, 6.07) is 0.395. The second-order valence-corrected chi connectivity index (χ2v) is 5.12. The van der Waals surface area contributed by atoms with Crippen molar-refractivity contribution >= 4 is 15.9 Å². The van der Waals surface area contributed by atoms with Gasteiger partial charge in [-0.15, -0.1) is 0 Å². The molecule has 4 heteroatoms. The molecule has 1 fully saturated rings. The molecule has 3 nitrogen and oxygen atoms in total. The van der Waals surface area contributed by atoms with E-state index in [2.05, 4.69) is 34.9 Å². The van der Waals surface area contributed by atoms with E-state index in [9.17, 15) is 0 Å². The van der Waals surface area contributed by atoms with E-state index in [4.69, 9.17) is 5.73 Å². The van der Waals surface area contributed by atoms with Gasteiger partial charge in [-0.1, -0.05) is 0 Å². The first-order valence-electron chi connectivity index (χ1n) is 5.04. The van der Waals surface area contributed by atoms with E-state index in [1.54, 1.807) is 0 Å². The molecule has 2 N–H and O–H groups in total. The molecule has 1 aromatic heterocycles. The molecule has 1 aliphatic carbocycles. The van der Waals surface area contributed by atoms with Crippen molar-refractivity contribution in [2.75, 3.05) is 6.54 Å². The van der Waals surface area contributed by atoms with Gasteiger partial charge in [-0.05, 0) is 42.6 Å².